The van der Waals surface area contributed by atoms with Gasteiger partial charge in [-0.3, -0.25) is 15.1 Å². The zero-order valence-corrected chi connectivity index (χ0v) is 15.6. The summed E-state index contributed by atoms with van der Waals surface area (Å²) in [7, 11) is 0. The van der Waals surface area contributed by atoms with Gasteiger partial charge in [0, 0.05) is 24.1 Å². The molecule has 28 heavy (non-hydrogen) atoms. The van der Waals surface area contributed by atoms with E-state index in [-0.39, 0.29) is 10.6 Å². The SMILES string of the molecule is Cc1cc2nc3c4cc([N+](=O)[O-])ccc4n(CC4=NCCN4)c3nc2cc1C. The van der Waals surface area contributed by atoms with Gasteiger partial charge in [0.25, 0.3) is 5.69 Å². The molecule has 8 heteroatoms. The molecule has 1 aliphatic heterocycles. The minimum absolute atomic E-state index is 0.0462. The van der Waals surface area contributed by atoms with E-state index in [0.29, 0.717) is 17.7 Å². The number of aromatic nitrogens is 3. The van der Waals surface area contributed by atoms with Gasteiger partial charge < -0.3 is 9.88 Å². The standard InChI is InChI=1S/C20H18N6O2/c1-11-7-15-16(8-12(11)2)24-20-19(23-15)14-9-13(26(27)28)3-4-17(14)25(20)10-18-21-5-6-22-18/h3-4,7-9H,5-6,10H2,1-2H3,(H,21,22). The summed E-state index contributed by atoms with van der Waals surface area (Å²) in [5, 5.41) is 15.3. The van der Waals surface area contributed by atoms with E-state index in [1.54, 1.807) is 12.1 Å². The number of nitro benzene ring substituents is 1. The normalized spacial score (nSPS) is 14.0. The Morgan fingerprint density at radius 3 is 2.57 bits per heavy atom. The molecular formula is C20H18N6O2. The molecule has 0 saturated heterocycles. The minimum atomic E-state index is -0.382. The fraction of sp³-hybridized carbons (Fsp3) is 0.250. The lowest BCUT2D eigenvalue weighted by Gasteiger charge is -2.08. The second-order valence-electron chi connectivity index (χ2n) is 7.12. The molecule has 0 bridgehead atoms. The van der Waals surface area contributed by atoms with Gasteiger partial charge in [-0.15, -0.1) is 0 Å². The van der Waals surface area contributed by atoms with Crippen LogP contribution in [0.5, 0.6) is 0 Å². The molecule has 0 amide bonds. The Hall–Kier alpha value is -3.55. The number of fused-ring (bicyclic) bond motifs is 4. The monoisotopic (exact) mass is 374 g/mol. The summed E-state index contributed by atoms with van der Waals surface area (Å²) in [5.41, 5.74) is 6.19. The summed E-state index contributed by atoms with van der Waals surface area (Å²) < 4.78 is 2.03. The highest BCUT2D eigenvalue weighted by atomic mass is 16.6. The van der Waals surface area contributed by atoms with Crippen molar-refractivity contribution in [3.8, 4) is 0 Å². The number of aliphatic imine (C=N–C) groups is 1. The highest BCUT2D eigenvalue weighted by Crippen LogP contribution is 2.31. The second-order valence-corrected chi connectivity index (χ2v) is 7.12. The Balaban J connectivity index is 1.86. The summed E-state index contributed by atoms with van der Waals surface area (Å²) >= 11 is 0. The van der Waals surface area contributed by atoms with Crippen LogP contribution in [0.3, 0.4) is 0 Å². The Bertz CT molecular complexity index is 1320. The van der Waals surface area contributed by atoms with Crippen LogP contribution in [0.1, 0.15) is 11.1 Å². The average molecular weight is 374 g/mol. The number of nitrogens with zero attached hydrogens (tertiary/aromatic N) is 5. The van der Waals surface area contributed by atoms with Gasteiger partial charge in [-0.05, 0) is 43.2 Å². The Morgan fingerprint density at radius 2 is 1.89 bits per heavy atom. The highest BCUT2D eigenvalue weighted by Gasteiger charge is 2.19. The largest absolute Gasteiger partial charge is 0.370 e. The van der Waals surface area contributed by atoms with Crippen molar-refractivity contribution in [1.82, 2.24) is 19.9 Å². The maximum Gasteiger partial charge on any atom is 0.270 e. The second kappa shape index (κ2) is 5.98. The summed E-state index contributed by atoms with van der Waals surface area (Å²) in [6.07, 6.45) is 0. The number of hydrogen-bond acceptors (Lipinski definition) is 6. The van der Waals surface area contributed by atoms with Crippen LogP contribution >= 0.6 is 0 Å². The average Bonchev–Trinajstić information content (AvgIpc) is 3.28. The van der Waals surface area contributed by atoms with Gasteiger partial charge in [0.05, 0.1) is 34.6 Å². The van der Waals surface area contributed by atoms with E-state index < -0.39 is 0 Å². The molecular weight excluding hydrogens is 356 g/mol. The molecule has 0 aliphatic carbocycles. The van der Waals surface area contributed by atoms with Crippen LogP contribution in [0, 0.1) is 24.0 Å². The summed E-state index contributed by atoms with van der Waals surface area (Å²) in [6.45, 7) is 6.20. The maximum atomic E-state index is 11.3. The van der Waals surface area contributed by atoms with Gasteiger partial charge >= 0.3 is 0 Å². The maximum absolute atomic E-state index is 11.3. The molecule has 2 aromatic heterocycles. The van der Waals surface area contributed by atoms with Gasteiger partial charge in [0.1, 0.15) is 11.4 Å². The summed E-state index contributed by atoms with van der Waals surface area (Å²) in [4.78, 5) is 25.1. The van der Waals surface area contributed by atoms with Crippen molar-refractivity contribution < 1.29 is 4.92 Å². The number of nitro groups is 1. The topological polar surface area (TPSA) is 98.2 Å². The van der Waals surface area contributed by atoms with Crippen LogP contribution in [0.4, 0.5) is 5.69 Å². The molecule has 140 valence electrons. The molecule has 1 N–H and O–H groups in total. The van der Waals surface area contributed by atoms with E-state index >= 15 is 0 Å². The quantitative estimate of drug-likeness (QED) is 0.438. The Labute approximate surface area is 160 Å². The van der Waals surface area contributed by atoms with Crippen molar-refractivity contribution in [2.45, 2.75) is 20.4 Å². The first-order chi connectivity index (χ1) is 13.5. The third kappa shape index (κ3) is 2.49. The molecule has 0 saturated carbocycles. The van der Waals surface area contributed by atoms with Crippen LogP contribution in [-0.4, -0.2) is 38.4 Å². The van der Waals surface area contributed by atoms with Crippen molar-refractivity contribution >= 4 is 44.6 Å². The fourth-order valence-electron chi connectivity index (χ4n) is 3.71. The van der Waals surface area contributed by atoms with Crippen molar-refractivity contribution in [2.24, 2.45) is 4.99 Å². The van der Waals surface area contributed by atoms with Crippen molar-refractivity contribution in [3.05, 3.63) is 51.6 Å². The van der Waals surface area contributed by atoms with Crippen LogP contribution < -0.4 is 5.32 Å². The zero-order chi connectivity index (χ0) is 19.4. The van der Waals surface area contributed by atoms with Crippen molar-refractivity contribution in [2.75, 3.05) is 13.1 Å². The van der Waals surface area contributed by atoms with E-state index in [4.69, 9.17) is 9.97 Å². The number of rotatable bonds is 3. The molecule has 4 aromatic rings. The lowest BCUT2D eigenvalue weighted by Crippen LogP contribution is -2.23. The number of aryl methyl sites for hydroxylation is 2. The predicted molar refractivity (Wildman–Crippen MR) is 109 cm³/mol. The summed E-state index contributed by atoms with van der Waals surface area (Å²) in [6, 6.07) is 8.93. The number of nitrogens with one attached hydrogen (secondary N) is 1. The van der Waals surface area contributed by atoms with Crippen LogP contribution in [0.25, 0.3) is 33.1 Å². The van der Waals surface area contributed by atoms with Gasteiger partial charge in [-0.1, -0.05) is 0 Å². The van der Waals surface area contributed by atoms with Gasteiger partial charge in [0.15, 0.2) is 5.65 Å². The molecule has 2 aromatic carbocycles. The van der Waals surface area contributed by atoms with Gasteiger partial charge in [-0.25, -0.2) is 9.97 Å². The lowest BCUT2D eigenvalue weighted by molar-refractivity contribution is -0.384. The van der Waals surface area contributed by atoms with Crippen molar-refractivity contribution in [3.63, 3.8) is 0 Å². The first-order valence-electron chi connectivity index (χ1n) is 9.14. The molecule has 8 nitrogen and oxygen atoms in total. The lowest BCUT2D eigenvalue weighted by atomic mass is 10.1. The van der Waals surface area contributed by atoms with E-state index in [1.807, 2.05) is 23.6 Å². The van der Waals surface area contributed by atoms with Crippen LogP contribution in [0.2, 0.25) is 0 Å². The van der Waals surface area contributed by atoms with Gasteiger partial charge in [-0.2, -0.15) is 0 Å². The van der Waals surface area contributed by atoms with Crippen LogP contribution in [-0.2, 0) is 6.54 Å². The van der Waals surface area contributed by atoms with E-state index in [1.165, 1.54) is 6.07 Å². The number of benzene rings is 2. The number of non-ortho nitro benzene ring substituents is 1. The number of hydrogen-bond donors (Lipinski definition) is 1. The van der Waals surface area contributed by atoms with Gasteiger partial charge in [0.2, 0.25) is 0 Å². The Kier molecular flexibility index (Phi) is 3.55. The third-order valence-electron chi connectivity index (χ3n) is 5.31. The predicted octanol–water partition coefficient (Wildman–Crippen LogP) is 3.26. The van der Waals surface area contributed by atoms with E-state index in [9.17, 15) is 10.1 Å². The van der Waals surface area contributed by atoms with Crippen LogP contribution in [0.15, 0.2) is 35.3 Å². The molecule has 1 aliphatic rings. The summed E-state index contributed by atoms with van der Waals surface area (Å²) in [5.74, 6) is 0.888. The Morgan fingerprint density at radius 1 is 1.14 bits per heavy atom. The first kappa shape index (κ1) is 16.6. The molecule has 0 radical (unpaired) electrons. The smallest absolute Gasteiger partial charge is 0.270 e. The molecule has 0 spiro atoms. The molecule has 5 rings (SSSR count). The molecule has 0 unspecified atom stereocenters. The molecule has 0 fully saturated rings. The van der Waals surface area contributed by atoms with E-state index in [2.05, 4.69) is 17.2 Å². The third-order valence-corrected chi connectivity index (χ3v) is 5.31. The first-order valence-corrected chi connectivity index (χ1v) is 9.14. The minimum Gasteiger partial charge on any atom is -0.370 e. The zero-order valence-electron chi connectivity index (χ0n) is 15.6. The van der Waals surface area contributed by atoms with E-state index in [0.717, 1.165) is 52.0 Å². The fourth-order valence-corrected chi connectivity index (χ4v) is 3.71. The highest BCUT2D eigenvalue weighted by molar-refractivity contribution is 6.08. The molecule has 3 heterocycles. The number of amidine groups is 1. The van der Waals surface area contributed by atoms with Crippen molar-refractivity contribution in [1.29, 1.82) is 0 Å². The molecule has 0 atom stereocenters.